The Kier molecular flexibility index (Phi) is 5.68. The number of carbonyl (C=O) groups is 1. The van der Waals surface area contributed by atoms with Crippen molar-refractivity contribution in [1.82, 2.24) is 4.90 Å². The molecule has 144 valence electrons. The number of carbonyl (C=O) groups excluding carboxylic acids is 1. The van der Waals surface area contributed by atoms with Gasteiger partial charge in [-0.05, 0) is 30.4 Å². The Balaban J connectivity index is 1.98. The van der Waals surface area contributed by atoms with E-state index < -0.39 is 0 Å². The highest BCUT2D eigenvalue weighted by Gasteiger charge is 2.25. The lowest BCUT2D eigenvalue weighted by atomic mass is 9.83. The Morgan fingerprint density at radius 2 is 1.70 bits per heavy atom. The molecule has 1 fully saturated rings. The zero-order valence-electron chi connectivity index (χ0n) is 16.4. The van der Waals surface area contributed by atoms with E-state index in [1.54, 1.807) is 0 Å². The van der Waals surface area contributed by atoms with Crippen LogP contribution >= 0.6 is 0 Å². The Labute approximate surface area is 161 Å². The summed E-state index contributed by atoms with van der Waals surface area (Å²) in [5, 5.41) is 20.6. The van der Waals surface area contributed by atoms with Gasteiger partial charge in [0.1, 0.15) is 5.75 Å². The monoisotopic (exact) mass is 367 g/mol. The third kappa shape index (κ3) is 4.57. The zero-order chi connectivity index (χ0) is 19.6. The highest BCUT2D eigenvalue weighted by Crippen LogP contribution is 2.36. The molecule has 0 unspecified atom stereocenters. The summed E-state index contributed by atoms with van der Waals surface area (Å²) in [7, 11) is 0. The molecule has 27 heavy (non-hydrogen) atoms. The smallest absolute Gasteiger partial charge is 0.193 e. The van der Waals surface area contributed by atoms with Gasteiger partial charge in [0.15, 0.2) is 5.78 Å². The number of aliphatic hydroxyl groups excluding tert-OH is 1. The molecule has 4 heteroatoms. The van der Waals surface area contributed by atoms with Crippen LogP contribution in [0.1, 0.15) is 60.7 Å². The minimum atomic E-state index is -0.274. The van der Waals surface area contributed by atoms with Gasteiger partial charge in [-0.1, -0.05) is 51.1 Å². The van der Waals surface area contributed by atoms with E-state index in [1.807, 2.05) is 63.2 Å². The second-order valence-electron chi connectivity index (χ2n) is 8.48. The largest absolute Gasteiger partial charge is 0.507 e. The van der Waals surface area contributed by atoms with Crippen molar-refractivity contribution in [2.75, 3.05) is 13.1 Å². The number of ketones is 1. The molecule has 2 aromatic carbocycles. The van der Waals surface area contributed by atoms with Crippen LogP contribution in [0.25, 0.3) is 0 Å². The Morgan fingerprint density at radius 1 is 1.07 bits per heavy atom. The van der Waals surface area contributed by atoms with Crippen molar-refractivity contribution >= 4 is 5.78 Å². The molecule has 4 nitrogen and oxygen atoms in total. The van der Waals surface area contributed by atoms with Crippen LogP contribution in [0, 0.1) is 0 Å². The number of hydrogen-bond acceptors (Lipinski definition) is 4. The molecule has 0 bridgehead atoms. The fourth-order valence-corrected chi connectivity index (χ4v) is 3.59. The molecule has 1 aliphatic rings. The van der Waals surface area contributed by atoms with Gasteiger partial charge >= 0.3 is 0 Å². The molecule has 0 amide bonds. The van der Waals surface area contributed by atoms with E-state index in [0.717, 1.165) is 37.1 Å². The molecule has 0 atom stereocenters. The summed E-state index contributed by atoms with van der Waals surface area (Å²) in [6, 6.07) is 12.9. The minimum absolute atomic E-state index is 0.0311. The van der Waals surface area contributed by atoms with Crippen molar-refractivity contribution < 1.29 is 15.0 Å². The lowest BCUT2D eigenvalue weighted by Crippen LogP contribution is -2.35. The van der Waals surface area contributed by atoms with Gasteiger partial charge in [-0.3, -0.25) is 9.69 Å². The molecule has 0 saturated carbocycles. The average Bonchev–Trinajstić information content (AvgIpc) is 2.64. The number of rotatable bonds is 4. The van der Waals surface area contributed by atoms with Gasteiger partial charge in [0, 0.05) is 41.9 Å². The Bertz CT molecular complexity index is 800. The number of aliphatic hydroxyl groups is 1. The van der Waals surface area contributed by atoms with Crippen LogP contribution in [-0.4, -0.2) is 40.1 Å². The number of piperidine rings is 1. The van der Waals surface area contributed by atoms with Crippen molar-refractivity contribution in [2.45, 2.75) is 51.7 Å². The summed E-state index contributed by atoms with van der Waals surface area (Å²) < 4.78 is 0. The molecule has 0 aromatic heterocycles. The van der Waals surface area contributed by atoms with E-state index in [4.69, 9.17) is 0 Å². The summed E-state index contributed by atoms with van der Waals surface area (Å²) in [6.07, 6.45) is 1.26. The first kappa shape index (κ1) is 19.6. The molecule has 0 radical (unpaired) electrons. The van der Waals surface area contributed by atoms with Gasteiger partial charge < -0.3 is 10.2 Å². The van der Waals surface area contributed by atoms with E-state index in [0.29, 0.717) is 17.7 Å². The highest BCUT2D eigenvalue weighted by atomic mass is 16.3. The first-order valence-corrected chi connectivity index (χ1v) is 9.62. The predicted molar refractivity (Wildman–Crippen MR) is 107 cm³/mol. The SMILES string of the molecule is CC(C)(C)c1cc(C(=O)c2ccccc2)cc(CN2CCC(O)CC2)c1O. The quantitative estimate of drug-likeness (QED) is 0.805. The number of nitrogens with zero attached hydrogens (tertiary/aromatic N) is 1. The first-order chi connectivity index (χ1) is 12.8. The Hall–Kier alpha value is -2.17. The number of benzene rings is 2. The predicted octanol–water partition coefficient (Wildman–Crippen LogP) is 3.88. The topological polar surface area (TPSA) is 60.8 Å². The molecule has 2 aromatic rings. The maximum Gasteiger partial charge on any atom is 0.193 e. The first-order valence-electron chi connectivity index (χ1n) is 9.62. The number of phenols is 1. The van der Waals surface area contributed by atoms with Gasteiger partial charge in [-0.25, -0.2) is 0 Å². The molecular weight excluding hydrogens is 338 g/mol. The second kappa shape index (κ2) is 7.83. The third-order valence-electron chi connectivity index (χ3n) is 5.25. The van der Waals surface area contributed by atoms with Crippen molar-refractivity contribution in [3.63, 3.8) is 0 Å². The van der Waals surface area contributed by atoms with E-state index >= 15 is 0 Å². The standard InChI is InChI=1S/C23H29NO3/c1-23(2,3)20-14-17(21(26)16-7-5-4-6-8-16)13-18(22(20)27)15-24-11-9-19(25)10-12-24/h4-8,13-14,19,25,27H,9-12,15H2,1-3H3. The third-order valence-corrected chi connectivity index (χ3v) is 5.25. The van der Waals surface area contributed by atoms with Gasteiger partial charge in [0.05, 0.1) is 6.10 Å². The molecule has 0 aliphatic carbocycles. The maximum absolute atomic E-state index is 13.0. The number of phenolic OH excluding ortho intramolecular Hbond substituents is 1. The minimum Gasteiger partial charge on any atom is -0.507 e. The number of aromatic hydroxyl groups is 1. The van der Waals surface area contributed by atoms with E-state index in [-0.39, 0.29) is 23.1 Å². The number of likely N-dealkylation sites (tertiary alicyclic amines) is 1. The summed E-state index contributed by atoms with van der Waals surface area (Å²) >= 11 is 0. The van der Waals surface area contributed by atoms with E-state index in [9.17, 15) is 15.0 Å². The normalized spacial score (nSPS) is 16.4. The molecule has 2 N–H and O–H groups in total. The van der Waals surface area contributed by atoms with E-state index in [1.165, 1.54) is 0 Å². The van der Waals surface area contributed by atoms with Crippen LogP contribution in [0.15, 0.2) is 42.5 Å². The van der Waals surface area contributed by atoms with Crippen molar-refractivity contribution in [2.24, 2.45) is 0 Å². The molecular formula is C23H29NO3. The van der Waals surface area contributed by atoms with Crippen LogP contribution in [0.4, 0.5) is 0 Å². The molecule has 1 heterocycles. The van der Waals surface area contributed by atoms with Crippen LogP contribution in [0.2, 0.25) is 0 Å². The van der Waals surface area contributed by atoms with Gasteiger partial charge in [0.25, 0.3) is 0 Å². The highest BCUT2D eigenvalue weighted by molar-refractivity contribution is 6.09. The molecule has 0 spiro atoms. The fraction of sp³-hybridized carbons (Fsp3) is 0.435. The molecule has 1 aliphatic heterocycles. The van der Waals surface area contributed by atoms with Crippen molar-refractivity contribution in [3.05, 3.63) is 64.7 Å². The summed E-state index contributed by atoms with van der Waals surface area (Å²) in [5.41, 5.74) is 2.55. The van der Waals surface area contributed by atoms with Crippen LogP contribution < -0.4 is 0 Å². The fourth-order valence-electron chi connectivity index (χ4n) is 3.59. The average molecular weight is 367 g/mol. The summed E-state index contributed by atoms with van der Waals surface area (Å²) in [4.78, 5) is 15.2. The maximum atomic E-state index is 13.0. The van der Waals surface area contributed by atoms with Gasteiger partial charge in [-0.2, -0.15) is 0 Å². The lowest BCUT2D eigenvalue weighted by molar-refractivity contribution is 0.0789. The van der Waals surface area contributed by atoms with Crippen LogP contribution in [-0.2, 0) is 12.0 Å². The van der Waals surface area contributed by atoms with Gasteiger partial charge in [-0.15, -0.1) is 0 Å². The van der Waals surface area contributed by atoms with Crippen LogP contribution in [0.5, 0.6) is 5.75 Å². The van der Waals surface area contributed by atoms with E-state index in [2.05, 4.69) is 4.90 Å². The summed E-state index contributed by atoms with van der Waals surface area (Å²) in [6.45, 7) is 8.29. The molecule has 3 rings (SSSR count). The second-order valence-corrected chi connectivity index (χ2v) is 8.48. The lowest BCUT2D eigenvalue weighted by Gasteiger charge is -2.31. The Morgan fingerprint density at radius 3 is 2.30 bits per heavy atom. The van der Waals surface area contributed by atoms with Gasteiger partial charge in [0.2, 0.25) is 0 Å². The molecule has 1 saturated heterocycles. The zero-order valence-corrected chi connectivity index (χ0v) is 16.4. The summed E-state index contributed by atoms with van der Waals surface area (Å²) in [5.74, 6) is 0.245. The van der Waals surface area contributed by atoms with Crippen molar-refractivity contribution in [3.8, 4) is 5.75 Å². The van der Waals surface area contributed by atoms with Crippen molar-refractivity contribution in [1.29, 1.82) is 0 Å². The number of hydrogen-bond donors (Lipinski definition) is 2. The van der Waals surface area contributed by atoms with Crippen LogP contribution in [0.3, 0.4) is 0 Å².